The molecule has 3 aromatic rings. The first-order valence-corrected chi connectivity index (χ1v) is 9.54. The molecule has 1 amide bonds. The van der Waals surface area contributed by atoms with E-state index < -0.39 is 0 Å². The number of rotatable bonds is 7. The summed E-state index contributed by atoms with van der Waals surface area (Å²) in [4.78, 5) is 23.5. The van der Waals surface area contributed by atoms with Gasteiger partial charge in [0, 0.05) is 23.9 Å². The second kappa shape index (κ2) is 8.71. The molecule has 0 atom stereocenters. The number of hydrogen-bond acceptors (Lipinski definition) is 6. The molecule has 0 spiro atoms. The number of amides is 1. The van der Waals surface area contributed by atoms with Crippen molar-refractivity contribution in [3.8, 4) is 17.1 Å². The maximum atomic E-state index is 12.2. The SMILES string of the molecule is COc1cccc(-c2nnc(SCC(=O)Nc3ccc(C(C)=O)cc3)n2C)c1. The van der Waals surface area contributed by atoms with E-state index in [2.05, 4.69) is 15.5 Å². The topological polar surface area (TPSA) is 86.1 Å². The lowest BCUT2D eigenvalue weighted by atomic mass is 10.1. The summed E-state index contributed by atoms with van der Waals surface area (Å²) in [6.45, 7) is 1.50. The minimum absolute atomic E-state index is 0.0115. The normalized spacial score (nSPS) is 10.5. The quantitative estimate of drug-likeness (QED) is 0.486. The number of carbonyl (C=O) groups is 2. The van der Waals surface area contributed by atoms with Crippen LogP contribution in [0.5, 0.6) is 5.75 Å². The molecule has 0 fully saturated rings. The van der Waals surface area contributed by atoms with Gasteiger partial charge in [0.15, 0.2) is 16.8 Å². The van der Waals surface area contributed by atoms with Gasteiger partial charge in [-0.1, -0.05) is 23.9 Å². The van der Waals surface area contributed by atoms with Crippen LogP contribution in [0.15, 0.2) is 53.7 Å². The highest BCUT2D eigenvalue weighted by atomic mass is 32.2. The van der Waals surface area contributed by atoms with Crippen molar-refractivity contribution < 1.29 is 14.3 Å². The van der Waals surface area contributed by atoms with Crippen LogP contribution in [-0.4, -0.2) is 39.3 Å². The molecule has 3 rings (SSSR count). The molecular formula is C20H20N4O3S. The molecular weight excluding hydrogens is 376 g/mol. The first kappa shape index (κ1) is 19.6. The molecule has 1 N–H and O–H groups in total. The van der Waals surface area contributed by atoms with Crippen LogP contribution in [0.25, 0.3) is 11.4 Å². The van der Waals surface area contributed by atoms with Crippen molar-refractivity contribution in [1.29, 1.82) is 0 Å². The summed E-state index contributed by atoms with van der Waals surface area (Å²) in [6, 6.07) is 14.4. The van der Waals surface area contributed by atoms with Crippen LogP contribution in [0.4, 0.5) is 5.69 Å². The van der Waals surface area contributed by atoms with Gasteiger partial charge in [-0.05, 0) is 43.3 Å². The highest BCUT2D eigenvalue weighted by Gasteiger charge is 2.13. The van der Waals surface area contributed by atoms with E-state index in [0.717, 1.165) is 11.3 Å². The highest BCUT2D eigenvalue weighted by Crippen LogP contribution is 2.25. The molecule has 0 aliphatic rings. The molecule has 8 heteroatoms. The number of anilines is 1. The summed E-state index contributed by atoms with van der Waals surface area (Å²) < 4.78 is 7.09. The lowest BCUT2D eigenvalue weighted by molar-refractivity contribution is -0.113. The van der Waals surface area contributed by atoms with Crippen LogP contribution in [0, 0.1) is 0 Å². The second-order valence-electron chi connectivity index (χ2n) is 6.07. The lowest BCUT2D eigenvalue weighted by Crippen LogP contribution is -2.14. The summed E-state index contributed by atoms with van der Waals surface area (Å²) in [5.41, 5.74) is 2.14. The number of carbonyl (C=O) groups excluding carboxylic acids is 2. The van der Waals surface area contributed by atoms with Crippen LogP contribution in [0.2, 0.25) is 0 Å². The molecule has 0 aliphatic heterocycles. The third-order valence-corrected chi connectivity index (χ3v) is 5.09. The number of aromatic nitrogens is 3. The minimum Gasteiger partial charge on any atom is -0.497 e. The summed E-state index contributed by atoms with van der Waals surface area (Å²) in [7, 11) is 3.47. The Balaban J connectivity index is 1.62. The predicted molar refractivity (Wildman–Crippen MR) is 109 cm³/mol. The van der Waals surface area contributed by atoms with E-state index >= 15 is 0 Å². The van der Waals surface area contributed by atoms with E-state index in [1.807, 2.05) is 35.9 Å². The number of methoxy groups -OCH3 is 1. The first-order valence-electron chi connectivity index (χ1n) is 8.55. The number of nitrogens with zero attached hydrogens (tertiary/aromatic N) is 3. The van der Waals surface area contributed by atoms with Crippen molar-refractivity contribution in [2.75, 3.05) is 18.2 Å². The fourth-order valence-electron chi connectivity index (χ4n) is 2.57. The maximum absolute atomic E-state index is 12.2. The molecule has 0 radical (unpaired) electrons. The van der Waals surface area contributed by atoms with Crippen molar-refractivity contribution in [2.24, 2.45) is 7.05 Å². The van der Waals surface area contributed by atoms with Crippen molar-refractivity contribution in [3.05, 3.63) is 54.1 Å². The van der Waals surface area contributed by atoms with Crippen LogP contribution >= 0.6 is 11.8 Å². The number of nitrogens with one attached hydrogen (secondary N) is 1. The van der Waals surface area contributed by atoms with E-state index in [-0.39, 0.29) is 17.4 Å². The van der Waals surface area contributed by atoms with Crippen molar-refractivity contribution in [3.63, 3.8) is 0 Å². The van der Waals surface area contributed by atoms with Crippen molar-refractivity contribution >= 4 is 29.1 Å². The Bertz CT molecular complexity index is 999. The molecule has 1 aromatic heterocycles. The zero-order chi connectivity index (χ0) is 20.1. The highest BCUT2D eigenvalue weighted by molar-refractivity contribution is 7.99. The molecule has 0 saturated heterocycles. The van der Waals surface area contributed by atoms with Crippen molar-refractivity contribution in [2.45, 2.75) is 12.1 Å². The van der Waals surface area contributed by atoms with Gasteiger partial charge in [-0.2, -0.15) is 0 Å². The van der Waals surface area contributed by atoms with E-state index in [9.17, 15) is 9.59 Å². The van der Waals surface area contributed by atoms with Gasteiger partial charge < -0.3 is 14.6 Å². The average molecular weight is 396 g/mol. The molecule has 0 bridgehead atoms. The number of ether oxygens (including phenoxy) is 1. The Morgan fingerprint density at radius 2 is 1.89 bits per heavy atom. The van der Waals surface area contributed by atoms with E-state index in [4.69, 9.17) is 4.74 Å². The molecule has 0 aliphatic carbocycles. The molecule has 144 valence electrons. The molecule has 0 unspecified atom stereocenters. The van der Waals surface area contributed by atoms with Gasteiger partial charge in [0.2, 0.25) is 5.91 Å². The van der Waals surface area contributed by atoms with Crippen LogP contribution in [0.1, 0.15) is 17.3 Å². The zero-order valence-corrected chi connectivity index (χ0v) is 16.6. The number of hydrogen-bond donors (Lipinski definition) is 1. The smallest absolute Gasteiger partial charge is 0.234 e. The third-order valence-electron chi connectivity index (χ3n) is 4.07. The van der Waals surface area contributed by atoms with E-state index in [1.165, 1.54) is 18.7 Å². The summed E-state index contributed by atoms with van der Waals surface area (Å²) in [6.07, 6.45) is 0. The van der Waals surface area contributed by atoms with Crippen LogP contribution in [0.3, 0.4) is 0 Å². The molecule has 28 heavy (non-hydrogen) atoms. The Morgan fingerprint density at radius 3 is 2.57 bits per heavy atom. The fourth-order valence-corrected chi connectivity index (χ4v) is 3.28. The number of benzene rings is 2. The standard InChI is InChI=1S/C20H20N4O3S/c1-13(25)14-7-9-16(10-8-14)21-18(26)12-28-20-23-22-19(24(20)2)15-5-4-6-17(11-15)27-3/h4-11H,12H2,1-3H3,(H,21,26). The number of ketones is 1. The Kier molecular flexibility index (Phi) is 6.10. The summed E-state index contributed by atoms with van der Waals surface area (Å²) in [5, 5.41) is 11.8. The van der Waals surface area contributed by atoms with Gasteiger partial charge >= 0.3 is 0 Å². The number of Topliss-reactive ketones (excluding diaryl/α,β-unsaturated/α-hetero) is 1. The Hall–Kier alpha value is -3.13. The minimum atomic E-state index is -0.161. The van der Waals surface area contributed by atoms with Crippen molar-refractivity contribution in [1.82, 2.24) is 14.8 Å². The predicted octanol–water partition coefficient (Wildman–Crippen LogP) is 3.42. The van der Waals surface area contributed by atoms with Gasteiger partial charge in [-0.3, -0.25) is 9.59 Å². The Morgan fingerprint density at radius 1 is 1.14 bits per heavy atom. The number of thioether (sulfide) groups is 1. The van der Waals surface area contributed by atoms with E-state index in [0.29, 0.717) is 22.2 Å². The monoisotopic (exact) mass is 396 g/mol. The van der Waals surface area contributed by atoms with Gasteiger partial charge in [0.05, 0.1) is 12.9 Å². The lowest BCUT2D eigenvalue weighted by Gasteiger charge is -2.07. The maximum Gasteiger partial charge on any atom is 0.234 e. The van der Waals surface area contributed by atoms with Gasteiger partial charge in [-0.15, -0.1) is 10.2 Å². The van der Waals surface area contributed by atoms with Gasteiger partial charge in [0.1, 0.15) is 5.75 Å². The first-order chi connectivity index (χ1) is 13.5. The second-order valence-corrected chi connectivity index (χ2v) is 7.01. The van der Waals surface area contributed by atoms with Gasteiger partial charge in [0.25, 0.3) is 0 Å². The molecule has 2 aromatic carbocycles. The fraction of sp³-hybridized carbons (Fsp3) is 0.200. The Labute approximate surface area is 167 Å². The largest absolute Gasteiger partial charge is 0.497 e. The third kappa shape index (κ3) is 4.58. The van der Waals surface area contributed by atoms with E-state index in [1.54, 1.807) is 31.4 Å². The molecule has 1 heterocycles. The van der Waals surface area contributed by atoms with Crippen LogP contribution < -0.4 is 10.1 Å². The summed E-state index contributed by atoms with van der Waals surface area (Å²) >= 11 is 1.30. The molecule has 7 nitrogen and oxygen atoms in total. The average Bonchev–Trinajstić information content (AvgIpc) is 3.07. The summed E-state index contributed by atoms with van der Waals surface area (Å²) in [5.74, 6) is 1.46. The van der Waals surface area contributed by atoms with Gasteiger partial charge in [-0.25, -0.2) is 0 Å². The van der Waals surface area contributed by atoms with Crippen LogP contribution in [-0.2, 0) is 11.8 Å². The zero-order valence-electron chi connectivity index (χ0n) is 15.8. The molecule has 0 saturated carbocycles.